The number of hydrogen-bond donors (Lipinski definition) is 1. The number of methoxy groups -OCH3 is 1. The molecule has 34 heavy (non-hydrogen) atoms. The third kappa shape index (κ3) is 4.99. The van der Waals surface area contributed by atoms with Gasteiger partial charge in [-0.05, 0) is 56.5 Å². The Kier molecular flexibility index (Phi) is 7.62. The van der Waals surface area contributed by atoms with Gasteiger partial charge in [-0.15, -0.1) is 0 Å². The number of carbonyl (C=O) groups excluding carboxylic acids is 1. The van der Waals surface area contributed by atoms with E-state index in [2.05, 4.69) is 16.0 Å². The van der Waals surface area contributed by atoms with Crippen molar-refractivity contribution in [2.45, 2.75) is 44.7 Å². The van der Waals surface area contributed by atoms with Gasteiger partial charge in [0, 0.05) is 49.6 Å². The largest absolute Gasteiger partial charge is 0.494 e. The number of aromatic nitrogens is 2. The highest BCUT2D eigenvalue weighted by Gasteiger charge is 2.37. The molecule has 3 aliphatic heterocycles. The maximum atomic E-state index is 13.3. The van der Waals surface area contributed by atoms with E-state index < -0.39 is 0 Å². The molecule has 0 unspecified atom stereocenters. The van der Waals surface area contributed by atoms with E-state index in [0.717, 1.165) is 37.3 Å². The van der Waals surface area contributed by atoms with E-state index in [0.29, 0.717) is 31.1 Å². The van der Waals surface area contributed by atoms with E-state index in [1.54, 1.807) is 25.4 Å². The van der Waals surface area contributed by atoms with Crippen LogP contribution in [0.2, 0.25) is 0 Å². The number of hydrogen-bond acceptors (Lipinski definition) is 6. The highest BCUT2D eigenvalue weighted by molar-refractivity contribution is 5.95. The molecule has 0 radical (unpaired) electrons. The first-order chi connectivity index (χ1) is 16.5. The van der Waals surface area contributed by atoms with Crippen LogP contribution in [0.3, 0.4) is 0 Å². The van der Waals surface area contributed by atoms with Crippen LogP contribution >= 0.6 is 0 Å². The average molecular weight is 469 g/mol. The van der Waals surface area contributed by atoms with Crippen molar-refractivity contribution < 1.29 is 19.4 Å². The fourth-order valence-corrected chi connectivity index (χ4v) is 5.50. The summed E-state index contributed by atoms with van der Waals surface area (Å²) >= 11 is 0. The zero-order valence-corrected chi connectivity index (χ0v) is 19.6. The molecule has 2 aromatic heterocycles. The molecule has 0 aliphatic carbocycles. The Balaban J connectivity index is 0.000000868. The van der Waals surface area contributed by atoms with E-state index in [9.17, 15) is 9.59 Å². The van der Waals surface area contributed by atoms with E-state index in [1.165, 1.54) is 19.3 Å². The minimum atomic E-state index is -0.250. The Morgan fingerprint density at radius 3 is 2.68 bits per heavy atom. The SMILES string of the molecule is COc1cccnc1C(=O)N1C[C@@H]2C[C@H](C1)c1ccc(CN3CCCCC3)c(=O)n1C2.O=CO. The summed E-state index contributed by atoms with van der Waals surface area (Å²) in [4.78, 5) is 43.4. The second kappa shape index (κ2) is 10.8. The molecular formula is C25H32N4O5. The van der Waals surface area contributed by atoms with Crippen molar-refractivity contribution in [2.24, 2.45) is 5.92 Å². The van der Waals surface area contributed by atoms with Crippen molar-refractivity contribution in [3.63, 3.8) is 0 Å². The lowest BCUT2D eigenvalue weighted by molar-refractivity contribution is -0.122. The lowest BCUT2D eigenvalue weighted by Gasteiger charge is -2.43. The summed E-state index contributed by atoms with van der Waals surface area (Å²) in [5.41, 5.74) is 2.48. The minimum Gasteiger partial charge on any atom is -0.494 e. The summed E-state index contributed by atoms with van der Waals surface area (Å²) in [5.74, 6) is 0.877. The topological polar surface area (TPSA) is 105 Å². The van der Waals surface area contributed by atoms with E-state index in [-0.39, 0.29) is 29.8 Å². The van der Waals surface area contributed by atoms with Gasteiger partial charge in [-0.3, -0.25) is 19.3 Å². The molecule has 5 rings (SSSR count). The van der Waals surface area contributed by atoms with Crippen LogP contribution in [0.5, 0.6) is 5.75 Å². The fourth-order valence-electron chi connectivity index (χ4n) is 5.50. The van der Waals surface area contributed by atoms with Gasteiger partial charge in [-0.1, -0.05) is 12.5 Å². The molecule has 3 aliphatic rings. The normalized spacial score (nSPS) is 21.6. The lowest BCUT2D eigenvalue weighted by Crippen LogP contribution is -2.49. The van der Waals surface area contributed by atoms with Crippen molar-refractivity contribution in [2.75, 3.05) is 33.3 Å². The number of fused-ring (bicyclic) bond motifs is 4. The van der Waals surface area contributed by atoms with Gasteiger partial charge in [0.05, 0.1) is 7.11 Å². The number of carboxylic acid groups (broad SMARTS) is 1. The molecule has 2 bridgehead atoms. The van der Waals surface area contributed by atoms with Gasteiger partial charge < -0.3 is 19.3 Å². The molecule has 182 valence electrons. The quantitative estimate of drug-likeness (QED) is 0.686. The molecule has 0 spiro atoms. The summed E-state index contributed by atoms with van der Waals surface area (Å²) in [6.45, 7) is 4.61. The molecule has 2 saturated heterocycles. The molecule has 1 N–H and O–H groups in total. The van der Waals surface area contributed by atoms with Gasteiger partial charge in [-0.2, -0.15) is 0 Å². The fraction of sp³-hybridized carbons (Fsp3) is 0.520. The number of pyridine rings is 2. The number of likely N-dealkylation sites (tertiary alicyclic amines) is 2. The number of piperidine rings is 2. The molecule has 1 amide bonds. The lowest BCUT2D eigenvalue weighted by atomic mass is 9.82. The van der Waals surface area contributed by atoms with Crippen LogP contribution in [0.15, 0.2) is 35.3 Å². The zero-order chi connectivity index (χ0) is 24.1. The third-order valence-corrected chi connectivity index (χ3v) is 7.01. The van der Waals surface area contributed by atoms with Gasteiger partial charge in [0.15, 0.2) is 5.69 Å². The molecule has 9 nitrogen and oxygen atoms in total. The van der Waals surface area contributed by atoms with Gasteiger partial charge >= 0.3 is 0 Å². The number of nitrogens with zero attached hydrogens (tertiary/aromatic N) is 4. The number of ether oxygens (including phenoxy) is 1. The molecule has 0 aromatic carbocycles. The smallest absolute Gasteiger partial charge is 0.290 e. The van der Waals surface area contributed by atoms with Crippen LogP contribution in [0.4, 0.5) is 0 Å². The Hall–Kier alpha value is -3.20. The number of carbonyl (C=O) groups is 2. The second-order valence-corrected chi connectivity index (χ2v) is 9.20. The van der Waals surface area contributed by atoms with Crippen molar-refractivity contribution in [1.82, 2.24) is 19.4 Å². The first-order valence-electron chi connectivity index (χ1n) is 11.9. The van der Waals surface area contributed by atoms with E-state index >= 15 is 0 Å². The van der Waals surface area contributed by atoms with Crippen LogP contribution in [0.1, 0.15) is 53.3 Å². The first kappa shape index (κ1) is 23.9. The third-order valence-electron chi connectivity index (χ3n) is 7.01. The van der Waals surface area contributed by atoms with Crippen molar-refractivity contribution in [3.05, 3.63) is 57.8 Å². The van der Waals surface area contributed by atoms with Crippen LogP contribution in [0, 0.1) is 5.92 Å². The summed E-state index contributed by atoms with van der Waals surface area (Å²) in [6, 6.07) is 7.68. The highest BCUT2D eigenvalue weighted by atomic mass is 16.5. The van der Waals surface area contributed by atoms with Crippen LogP contribution in [-0.2, 0) is 17.9 Å². The maximum absolute atomic E-state index is 13.3. The van der Waals surface area contributed by atoms with Crippen LogP contribution in [0.25, 0.3) is 0 Å². The Morgan fingerprint density at radius 1 is 1.18 bits per heavy atom. The summed E-state index contributed by atoms with van der Waals surface area (Å²) in [6.07, 6.45) is 6.39. The van der Waals surface area contributed by atoms with Crippen molar-refractivity contribution in [1.29, 1.82) is 0 Å². The van der Waals surface area contributed by atoms with E-state index in [1.807, 2.05) is 15.5 Å². The molecule has 5 heterocycles. The van der Waals surface area contributed by atoms with Gasteiger partial charge in [0.25, 0.3) is 17.9 Å². The minimum absolute atomic E-state index is 0.0929. The predicted molar refractivity (Wildman–Crippen MR) is 126 cm³/mol. The standard InChI is InChI=1S/C24H30N4O3.CH2O2/c1-31-21-6-5-9-25-22(21)24(30)27-13-17-12-19(16-27)20-8-7-18(23(29)28(20)14-17)15-26-10-3-2-4-11-26;2-1-3/h5-9,17,19H,2-4,10-16H2,1H3;1H,(H,2,3)/t17-,19+;/m0./s1. The Morgan fingerprint density at radius 2 is 1.94 bits per heavy atom. The summed E-state index contributed by atoms with van der Waals surface area (Å²) in [5, 5.41) is 6.89. The Labute approximate surface area is 199 Å². The van der Waals surface area contributed by atoms with Gasteiger partial charge in [-0.25, -0.2) is 4.98 Å². The number of rotatable bonds is 4. The second-order valence-electron chi connectivity index (χ2n) is 9.20. The number of amides is 1. The summed E-state index contributed by atoms with van der Waals surface area (Å²) < 4.78 is 7.33. The molecule has 2 fully saturated rings. The van der Waals surface area contributed by atoms with Crippen molar-refractivity contribution in [3.8, 4) is 5.75 Å². The molecule has 0 saturated carbocycles. The molecular weight excluding hydrogens is 436 g/mol. The first-order valence-corrected chi connectivity index (χ1v) is 11.9. The maximum Gasteiger partial charge on any atom is 0.290 e. The average Bonchev–Trinajstić information content (AvgIpc) is 2.86. The molecule has 9 heteroatoms. The zero-order valence-electron chi connectivity index (χ0n) is 19.6. The molecule has 2 aromatic rings. The van der Waals surface area contributed by atoms with Gasteiger partial charge in [0.2, 0.25) is 0 Å². The summed E-state index contributed by atoms with van der Waals surface area (Å²) in [7, 11) is 1.56. The monoisotopic (exact) mass is 468 g/mol. The van der Waals surface area contributed by atoms with Gasteiger partial charge in [0.1, 0.15) is 5.75 Å². The van der Waals surface area contributed by atoms with Crippen LogP contribution in [-0.4, -0.2) is 70.1 Å². The predicted octanol–water partition coefficient (Wildman–Crippen LogP) is 2.20. The Bertz CT molecular complexity index is 1080. The highest BCUT2D eigenvalue weighted by Crippen LogP contribution is 2.36. The molecule has 2 atom stereocenters. The van der Waals surface area contributed by atoms with E-state index in [4.69, 9.17) is 14.6 Å². The van der Waals surface area contributed by atoms with Crippen LogP contribution < -0.4 is 10.3 Å². The van der Waals surface area contributed by atoms with Crippen molar-refractivity contribution >= 4 is 12.4 Å².